The summed E-state index contributed by atoms with van der Waals surface area (Å²) in [5.41, 5.74) is -0.200. The summed E-state index contributed by atoms with van der Waals surface area (Å²) < 4.78 is 94.4. The van der Waals surface area contributed by atoms with E-state index >= 15 is 8.78 Å². The summed E-state index contributed by atoms with van der Waals surface area (Å²) in [7, 11) is 0. The number of aromatic nitrogens is 2. The molecule has 1 aromatic carbocycles. The highest BCUT2D eigenvalue weighted by molar-refractivity contribution is 8.09. The number of nitrogens with one attached hydrogen (secondary N) is 1. The fourth-order valence-corrected chi connectivity index (χ4v) is 5.95. The van der Waals surface area contributed by atoms with Crippen LogP contribution in [0.25, 0.3) is 0 Å². The topological polar surface area (TPSA) is 147 Å². The molecule has 2 heterocycles. The number of esters is 1. The first kappa shape index (κ1) is 31.8. The van der Waals surface area contributed by atoms with E-state index in [-0.39, 0.29) is 16.5 Å². The van der Waals surface area contributed by atoms with Gasteiger partial charge < -0.3 is 29.4 Å². The number of hydrogen-bond acceptors (Lipinski definition) is 10. The van der Waals surface area contributed by atoms with Gasteiger partial charge in [0.2, 0.25) is 5.60 Å². The van der Waals surface area contributed by atoms with Crippen LogP contribution in [0.4, 0.5) is 27.8 Å². The van der Waals surface area contributed by atoms with Crippen LogP contribution < -0.4 is 21.0 Å². The Hall–Kier alpha value is -2.69. The normalized spacial score (nSPS) is 24.6. The highest BCUT2D eigenvalue weighted by Crippen LogP contribution is 2.54. The van der Waals surface area contributed by atoms with Crippen molar-refractivity contribution in [3.8, 4) is 5.75 Å². The van der Waals surface area contributed by atoms with E-state index in [0.29, 0.717) is 0 Å². The number of benzene rings is 1. The maximum atomic E-state index is 15.3. The third-order valence-electron chi connectivity index (χ3n) is 5.57. The van der Waals surface area contributed by atoms with Gasteiger partial charge in [0.15, 0.2) is 24.0 Å². The molecule has 0 spiro atoms. The zero-order valence-electron chi connectivity index (χ0n) is 21.2. The van der Waals surface area contributed by atoms with Gasteiger partial charge in [0, 0.05) is 0 Å². The van der Waals surface area contributed by atoms with E-state index in [0.717, 1.165) is 0 Å². The first-order chi connectivity index (χ1) is 18.5. The first-order valence-corrected chi connectivity index (χ1v) is 14.2. The van der Waals surface area contributed by atoms with E-state index in [4.69, 9.17) is 36.1 Å². The van der Waals surface area contributed by atoms with Crippen LogP contribution in [-0.2, 0) is 30.6 Å². The molecule has 3 rings (SSSR count). The van der Waals surface area contributed by atoms with Gasteiger partial charge in [0.25, 0.3) is 6.43 Å². The molecule has 1 aromatic heterocycles. The number of nitrogens with zero attached hydrogens (tertiary/aromatic N) is 2. The summed E-state index contributed by atoms with van der Waals surface area (Å²) in [4.78, 5) is 27.6. The van der Waals surface area contributed by atoms with Crippen LogP contribution in [0.1, 0.15) is 27.0 Å². The molecule has 0 bridgehead atoms. The molecule has 0 saturated carbocycles. The number of nitrogen functional groups attached to an aromatic ring is 1. The molecule has 5 atom stereocenters. The van der Waals surface area contributed by atoms with Crippen LogP contribution in [0.3, 0.4) is 0 Å². The van der Waals surface area contributed by atoms with E-state index in [9.17, 15) is 27.9 Å². The number of para-hydroxylation sites is 1. The summed E-state index contributed by atoms with van der Waals surface area (Å²) in [6.07, 6.45) is -9.92. The number of alkyl halides is 4. The number of ether oxygens (including phenoxy) is 2. The molecule has 1 unspecified atom stereocenters. The number of carbonyl (C=O) groups is 1. The number of hydrogen-bond donors (Lipinski definition) is 3. The molecule has 11 nitrogen and oxygen atoms in total. The van der Waals surface area contributed by atoms with Crippen molar-refractivity contribution < 1.29 is 50.4 Å². The quantitative estimate of drug-likeness (QED) is 0.195. The second-order valence-electron chi connectivity index (χ2n) is 8.94. The number of aliphatic hydroxyl groups excluding tert-OH is 1. The van der Waals surface area contributed by atoms with Crippen LogP contribution in [0.5, 0.6) is 5.75 Å². The van der Waals surface area contributed by atoms with Crippen molar-refractivity contribution in [2.24, 2.45) is 0 Å². The summed E-state index contributed by atoms with van der Waals surface area (Å²) in [5.74, 6) is -7.83. The van der Waals surface area contributed by atoms with Gasteiger partial charge >= 0.3 is 24.2 Å². The summed E-state index contributed by atoms with van der Waals surface area (Å²) >= 11 is 5.35. The van der Waals surface area contributed by atoms with Crippen LogP contribution in [0.2, 0.25) is 0 Å². The minimum Gasteiger partial charge on any atom is -0.462 e. The van der Waals surface area contributed by atoms with Crippen molar-refractivity contribution in [1.29, 1.82) is 0 Å². The average Bonchev–Trinajstić information content (AvgIpc) is 3.06. The van der Waals surface area contributed by atoms with Crippen molar-refractivity contribution in [3.63, 3.8) is 0 Å². The Morgan fingerprint density at radius 2 is 1.93 bits per heavy atom. The molecule has 18 heteroatoms. The number of halogens is 5. The maximum absolute atomic E-state index is 15.3. The van der Waals surface area contributed by atoms with Crippen LogP contribution in [0.15, 0.2) is 41.3 Å². The van der Waals surface area contributed by atoms with Gasteiger partial charge in [-0.25, -0.2) is 23.1 Å². The molecule has 1 aliphatic heterocycles. The van der Waals surface area contributed by atoms with E-state index in [1.54, 1.807) is 19.9 Å². The first-order valence-electron chi connectivity index (χ1n) is 11.6. The Balaban J connectivity index is 1.97. The summed E-state index contributed by atoms with van der Waals surface area (Å²) in [5, 5.41) is 12.8. The molecule has 1 aliphatic rings. The van der Waals surface area contributed by atoms with Crippen molar-refractivity contribution in [2.75, 3.05) is 12.3 Å². The molecule has 222 valence electrons. The molecule has 1 fully saturated rings. The Morgan fingerprint density at radius 3 is 2.50 bits per heavy atom. The smallest absolute Gasteiger partial charge is 0.351 e. The number of anilines is 1. The molecule has 4 N–H and O–H groups in total. The van der Waals surface area contributed by atoms with Crippen molar-refractivity contribution in [2.45, 2.75) is 63.2 Å². The highest BCUT2D eigenvalue weighted by Gasteiger charge is 2.74. The lowest BCUT2D eigenvalue weighted by Crippen LogP contribution is -2.57. The Morgan fingerprint density at radius 1 is 1.30 bits per heavy atom. The second kappa shape index (κ2) is 12.0. The van der Waals surface area contributed by atoms with E-state index < -0.39 is 79.0 Å². The lowest BCUT2D eigenvalue weighted by molar-refractivity contribution is -0.241. The number of aliphatic hydroxyl groups is 1. The Bertz CT molecular complexity index is 1320. The van der Waals surface area contributed by atoms with Gasteiger partial charge in [0.1, 0.15) is 11.8 Å². The standard InChI is InChI=1S/C22H26F5N4O7PS/c1-11(2)36-18(33)12(3)30-39(40,38-13-7-5-4-6-8-13)35-10-21(19(24)25)22(26,27)15(32)17(37-21)31-9-14(23)16(28)29-20(31)34/h4-9,11-12,15,17,19,32H,10H2,1-3H3,(H,30,40)(H2,28,29,34)/t12-,15-,17+,21-,39?/m0/s1. The predicted octanol–water partition coefficient (Wildman–Crippen LogP) is 2.74. The third kappa shape index (κ3) is 6.44. The van der Waals surface area contributed by atoms with Gasteiger partial charge in [0.05, 0.1) is 18.9 Å². The molecule has 40 heavy (non-hydrogen) atoms. The van der Waals surface area contributed by atoms with Gasteiger partial charge in [-0.15, -0.1) is 0 Å². The van der Waals surface area contributed by atoms with Crippen molar-refractivity contribution in [3.05, 3.63) is 52.8 Å². The number of nitrogens with two attached hydrogens (primary N) is 1. The number of rotatable bonds is 11. The zero-order valence-corrected chi connectivity index (χ0v) is 22.9. The highest BCUT2D eigenvalue weighted by atomic mass is 32.5. The Kier molecular flexibility index (Phi) is 9.58. The van der Waals surface area contributed by atoms with E-state index in [2.05, 4.69) is 10.1 Å². The summed E-state index contributed by atoms with van der Waals surface area (Å²) in [6.45, 7) is -1.39. The minimum atomic E-state index is -4.79. The number of carbonyl (C=O) groups excluding carboxylic acids is 1. The molecule has 0 radical (unpaired) electrons. The lowest BCUT2D eigenvalue weighted by atomic mass is 9.95. The summed E-state index contributed by atoms with van der Waals surface area (Å²) in [6, 6.07) is 6.23. The van der Waals surface area contributed by atoms with Gasteiger partial charge in [-0.3, -0.25) is 9.36 Å². The van der Waals surface area contributed by atoms with Crippen LogP contribution >= 0.6 is 6.64 Å². The maximum Gasteiger partial charge on any atom is 0.351 e. The molecule has 1 saturated heterocycles. The van der Waals surface area contributed by atoms with Gasteiger partial charge in [-0.05, 0) is 44.7 Å². The SMILES string of the molecule is CC(C)OC(=O)[C@H](C)NP(=S)(OC[C@@]1(C(F)F)O[C@@H](n2cc(F)c(N)nc2=O)[C@H](O)C1(F)F)Oc1ccccc1. The fourth-order valence-electron chi connectivity index (χ4n) is 3.54. The van der Waals surface area contributed by atoms with E-state index in [1.807, 2.05) is 0 Å². The minimum absolute atomic E-state index is 0.0424. The Labute approximate surface area is 229 Å². The lowest BCUT2D eigenvalue weighted by Gasteiger charge is -2.35. The van der Waals surface area contributed by atoms with Crippen molar-refractivity contribution in [1.82, 2.24) is 14.6 Å². The molecule has 0 aliphatic carbocycles. The van der Waals surface area contributed by atoms with Crippen LogP contribution in [-0.4, -0.2) is 63.4 Å². The van der Waals surface area contributed by atoms with Crippen molar-refractivity contribution >= 4 is 30.2 Å². The molecule has 0 amide bonds. The van der Waals surface area contributed by atoms with Gasteiger partial charge in [-0.2, -0.15) is 13.8 Å². The molecular weight excluding hydrogens is 590 g/mol. The monoisotopic (exact) mass is 616 g/mol. The van der Waals surface area contributed by atoms with Crippen LogP contribution in [0, 0.1) is 5.82 Å². The van der Waals surface area contributed by atoms with Gasteiger partial charge in [-0.1, -0.05) is 18.2 Å². The molecule has 2 aromatic rings. The average molecular weight is 617 g/mol. The second-order valence-corrected chi connectivity index (χ2v) is 12.1. The third-order valence-corrected chi connectivity index (χ3v) is 8.05. The fraction of sp³-hybridized carbons (Fsp3) is 0.500. The molecular formula is C22H26F5N4O7PS. The van der Waals surface area contributed by atoms with E-state index in [1.165, 1.54) is 31.2 Å². The predicted molar refractivity (Wildman–Crippen MR) is 134 cm³/mol. The zero-order chi connectivity index (χ0) is 30.0. The largest absolute Gasteiger partial charge is 0.462 e.